The largest absolute Gasteiger partial charge is 0.320 e. The highest BCUT2D eigenvalue weighted by Crippen LogP contribution is 1.99. The van der Waals surface area contributed by atoms with Gasteiger partial charge in [-0.2, -0.15) is 5.10 Å². The number of aryl methyl sites for hydroxylation is 1. The van der Waals surface area contributed by atoms with Crippen LogP contribution in [0.25, 0.3) is 0 Å². The number of carbonyl (C=O) groups is 1. The standard InChI is InChI=1S/C12H14N4O/c1-3-7-15(8-4-2)12(17)6-5-9-16-11-13-10-14-16/h1-2,10-11H,5-9H2. The Labute approximate surface area is 101 Å². The molecular weight excluding hydrogens is 216 g/mol. The van der Waals surface area contributed by atoms with E-state index in [9.17, 15) is 4.79 Å². The zero-order chi connectivity index (χ0) is 12.5. The van der Waals surface area contributed by atoms with Crippen molar-refractivity contribution in [1.82, 2.24) is 19.7 Å². The number of hydrogen-bond donors (Lipinski definition) is 0. The van der Waals surface area contributed by atoms with Crippen LogP contribution in [-0.4, -0.2) is 38.7 Å². The fraction of sp³-hybridized carbons (Fsp3) is 0.417. The van der Waals surface area contributed by atoms with Crippen molar-refractivity contribution < 1.29 is 4.79 Å². The first-order chi connectivity index (χ1) is 8.27. The van der Waals surface area contributed by atoms with Crippen molar-refractivity contribution in [3.05, 3.63) is 12.7 Å². The van der Waals surface area contributed by atoms with Crippen molar-refractivity contribution in [1.29, 1.82) is 0 Å². The van der Waals surface area contributed by atoms with Crippen molar-refractivity contribution >= 4 is 5.91 Å². The molecule has 88 valence electrons. The molecule has 1 aromatic heterocycles. The van der Waals surface area contributed by atoms with Crippen LogP contribution in [0.4, 0.5) is 0 Å². The first-order valence-electron chi connectivity index (χ1n) is 5.25. The fourth-order valence-electron chi connectivity index (χ4n) is 1.35. The molecule has 0 aliphatic heterocycles. The topological polar surface area (TPSA) is 51.0 Å². The van der Waals surface area contributed by atoms with Crippen molar-refractivity contribution in [2.45, 2.75) is 19.4 Å². The van der Waals surface area contributed by atoms with E-state index in [1.807, 2.05) is 0 Å². The predicted molar refractivity (Wildman–Crippen MR) is 63.5 cm³/mol. The molecule has 1 heterocycles. The maximum Gasteiger partial charge on any atom is 0.224 e. The molecule has 1 aromatic rings. The third-order valence-electron chi connectivity index (χ3n) is 2.16. The highest BCUT2D eigenvalue weighted by molar-refractivity contribution is 5.76. The molecule has 5 heteroatoms. The van der Waals surface area contributed by atoms with Crippen LogP contribution in [0.3, 0.4) is 0 Å². The van der Waals surface area contributed by atoms with Crippen LogP contribution in [0.1, 0.15) is 12.8 Å². The molecular formula is C12H14N4O. The summed E-state index contributed by atoms with van der Waals surface area (Å²) in [6, 6.07) is 0. The van der Waals surface area contributed by atoms with E-state index in [0.717, 1.165) is 0 Å². The lowest BCUT2D eigenvalue weighted by atomic mass is 10.2. The van der Waals surface area contributed by atoms with Gasteiger partial charge in [-0.15, -0.1) is 12.8 Å². The number of carbonyl (C=O) groups excluding carboxylic acids is 1. The van der Waals surface area contributed by atoms with Gasteiger partial charge in [0.15, 0.2) is 0 Å². The maximum absolute atomic E-state index is 11.7. The summed E-state index contributed by atoms with van der Waals surface area (Å²) in [5.74, 6) is 4.81. The molecule has 0 radical (unpaired) electrons. The Bertz CT molecular complexity index is 408. The average Bonchev–Trinajstić information content (AvgIpc) is 2.81. The van der Waals surface area contributed by atoms with Crippen LogP contribution in [-0.2, 0) is 11.3 Å². The van der Waals surface area contributed by atoms with Crippen LogP contribution < -0.4 is 0 Å². The van der Waals surface area contributed by atoms with Gasteiger partial charge in [0.25, 0.3) is 0 Å². The number of rotatable bonds is 6. The van der Waals surface area contributed by atoms with E-state index in [1.165, 1.54) is 11.2 Å². The quantitative estimate of drug-likeness (QED) is 0.654. The fourth-order valence-corrected chi connectivity index (χ4v) is 1.35. The van der Waals surface area contributed by atoms with Gasteiger partial charge >= 0.3 is 0 Å². The minimum atomic E-state index is -0.0268. The van der Waals surface area contributed by atoms with Gasteiger partial charge in [-0.05, 0) is 6.42 Å². The zero-order valence-corrected chi connectivity index (χ0v) is 9.54. The lowest BCUT2D eigenvalue weighted by Gasteiger charge is -2.16. The molecule has 0 aliphatic rings. The molecule has 5 nitrogen and oxygen atoms in total. The number of terminal acetylenes is 2. The zero-order valence-electron chi connectivity index (χ0n) is 9.54. The highest BCUT2D eigenvalue weighted by Gasteiger charge is 2.10. The summed E-state index contributed by atoms with van der Waals surface area (Å²) in [6.45, 7) is 1.17. The molecule has 0 aromatic carbocycles. The molecule has 0 aliphatic carbocycles. The van der Waals surface area contributed by atoms with Crippen LogP contribution in [0.5, 0.6) is 0 Å². The van der Waals surface area contributed by atoms with Crippen LogP contribution >= 0.6 is 0 Å². The number of hydrogen-bond acceptors (Lipinski definition) is 3. The second kappa shape index (κ2) is 7.08. The van der Waals surface area contributed by atoms with Gasteiger partial charge in [0.2, 0.25) is 5.91 Å². The van der Waals surface area contributed by atoms with E-state index >= 15 is 0 Å². The summed E-state index contributed by atoms with van der Waals surface area (Å²) in [5, 5.41) is 3.95. The Balaban J connectivity index is 2.32. The van der Waals surface area contributed by atoms with E-state index < -0.39 is 0 Å². The van der Waals surface area contributed by atoms with Crippen molar-refractivity contribution in [3.8, 4) is 24.7 Å². The molecule has 0 fully saturated rings. The van der Waals surface area contributed by atoms with Crippen molar-refractivity contribution in [3.63, 3.8) is 0 Å². The molecule has 0 spiro atoms. The number of amides is 1. The van der Waals surface area contributed by atoms with E-state index in [0.29, 0.717) is 19.4 Å². The van der Waals surface area contributed by atoms with Gasteiger partial charge in [0.1, 0.15) is 12.7 Å². The Morgan fingerprint density at radius 2 is 2.06 bits per heavy atom. The van der Waals surface area contributed by atoms with Gasteiger partial charge in [-0.3, -0.25) is 9.48 Å². The minimum absolute atomic E-state index is 0.0268. The summed E-state index contributed by atoms with van der Waals surface area (Å²) < 4.78 is 1.68. The average molecular weight is 230 g/mol. The monoisotopic (exact) mass is 230 g/mol. The van der Waals surface area contributed by atoms with E-state index in [1.54, 1.807) is 11.0 Å². The number of nitrogens with zero attached hydrogens (tertiary/aromatic N) is 4. The summed E-state index contributed by atoms with van der Waals surface area (Å²) in [4.78, 5) is 17.0. The first-order valence-corrected chi connectivity index (χ1v) is 5.25. The summed E-state index contributed by atoms with van der Waals surface area (Å²) in [5.41, 5.74) is 0. The van der Waals surface area contributed by atoms with Crippen molar-refractivity contribution in [2.75, 3.05) is 13.1 Å². The normalized spacial score (nSPS) is 9.29. The van der Waals surface area contributed by atoms with Gasteiger partial charge in [-0.1, -0.05) is 11.8 Å². The molecule has 0 bridgehead atoms. The minimum Gasteiger partial charge on any atom is -0.320 e. The van der Waals surface area contributed by atoms with Gasteiger partial charge < -0.3 is 4.90 Å². The summed E-state index contributed by atoms with van der Waals surface area (Å²) in [6.07, 6.45) is 14.5. The summed E-state index contributed by atoms with van der Waals surface area (Å²) in [7, 11) is 0. The molecule has 1 amide bonds. The maximum atomic E-state index is 11.7. The SMILES string of the molecule is C#CCN(CC#C)C(=O)CCCn1cncn1. The lowest BCUT2D eigenvalue weighted by Crippen LogP contribution is -2.31. The van der Waals surface area contributed by atoms with Gasteiger partial charge in [0.05, 0.1) is 13.1 Å². The molecule has 17 heavy (non-hydrogen) atoms. The van der Waals surface area contributed by atoms with Crippen LogP contribution in [0, 0.1) is 24.7 Å². The van der Waals surface area contributed by atoms with E-state index in [2.05, 4.69) is 21.9 Å². The second-order valence-electron chi connectivity index (χ2n) is 3.42. The third-order valence-corrected chi connectivity index (χ3v) is 2.16. The Morgan fingerprint density at radius 1 is 1.35 bits per heavy atom. The summed E-state index contributed by atoms with van der Waals surface area (Å²) >= 11 is 0. The smallest absolute Gasteiger partial charge is 0.224 e. The Morgan fingerprint density at radius 3 is 2.59 bits per heavy atom. The molecule has 0 unspecified atom stereocenters. The molecule has 0 atom stereocenters. The Kier molecular flexibility index (Phi) is 5.33. The van der Waals surface area contributed by atoms with Gasteiger partial charge in [-0.25, -0.2) is 4.98 Å². The molecule has 1 rings (SSSR count). The predicted octanol–water partition coefficient (Wildman–Crippen LogP) is 0.153. The van der Waals surface area contributed by atoms with Crippen LogP contribution in [0.15, 0.2) is 12.7 Å². The number of aromatic nitrogens is 3. The lowest BCUT2D eigenvalue weighted by molar-refractivity contribution is -0.130. The van der Waals surface area contributed by atoms with Gasteiger partial charge in [0, 0.05) is 13.0 Å². The van der Waals surface area contributed by atoms with Crippen molar-refractivity contribution in [2.24, 2.45) is 0 Å². The highest BCUT2D eigenvalue weighted by atomic mass is 16.2. The van der Waals surface area contributed by atoms with Crippen LogP contribution in [0.2, 0.25) is 0 Å². The van der Waals surface area contributed by atoms with E-state index in [-0.39, 0.29) is 19.0 Å². The third kappa shape index (κ3) is 4.40. The molecule has 0 saturated heterocycles. The molecule has 0 N–H and O–H groups in total. The second-order valence-corrected chi connectivity index (χ2v) is 3.42. The first kappa shape index (κ1) is 12.8. The molecule has 0 saturated carbocycles. The Hall–Kier alpha value is -2.27. The van der Waals surface area contributed by atoms with E-state index in [4.69, 9.17) is 12.8 Å².